The largest absolute Gasteiger partial charge is 0.192 e. The van der Waals surface area contributed by atoms with Gasteiger partial charge in [0.25, 0.3) is 0 Å². The van der Waals surface area contributed by atoms with E-state index in [9.17, 15) is 4.20 Å². The van der Waals surface area contributed by atoms with Gasteiger partial charge in [-0.3, -0.25) is 0 Å². The van der Waals surface area contributed by atoms with Crippen LogP contribution in [0.15, 0.2) is 23.7 Å². The molecule has 0 bridgehead atoms. The van der Waals surface area contributed by atoms with E-state index in [0.717, 1.165) is 0 Å². The lowest BCUT2D eigenvalue weighted by Crippen LogP contribution is -1.16. The number of hydrogen-bond donors (Lipinski definition) is 0. The molecule has 0 radical (unpaired) electrons. The maximum atomic E-state index is 11.8. The molecule has 1 heterocycles. The molecule has 1 aromatic rings. The highest BCUT2D eigenvalue weighted by molar-refractivity contribution is 7.42. The first kappa shape index (κ1) is 3.89. The molecule has 0 aliphatic carbocycles. The zero-order valence-electron chi connectivity index (χ0n) is 3.13. The van der Waals surface area contributed by atoms with Crippen LogP contribution in [0.2, 0.25) is 0 Å². The van der Waals surface area contributed by atoms with E-state index in [1.807, 2.05) is 0 Å². The van der Waals surface area contributed by atoms with Crippen LogP contribution >= 0.6 is 7.84 Å². The highest BCUT2D eigenvalue weighted by Gasteiger charge is 1.77. The summed E-state index contributed by atoms with van der Waals surface area (Å²) in [6.07, 6.45) is 0. The predicted octanol–water partition coefficient (Wildman–Crippen LogP) is 2.41. The van der Waals surface area contributed by atoms with E-state index in [-0.39, 0.29) is 0 Å². The summed E-state index contributed by atoms with van der Waals surface area (Å²) in [5, 5.41) is 0. The Morgan fingerprint density at radius 1 is 1.17 bits per heavy atom. The summed E-state index contributed by atoms with van der Waals surface area (Å²) in [5.41, 5.74) is 0. The van der Waals surface area contributed by atoms with Crippen LogP contribution in [0.25, 0.3) is 0 Å². The van der Waals surface area contributed by atoms with E-state index in [1.165, 1.54) is 0 Å². The van der Waals surface area contributed by atoms with Crippen LogP contribution in [0.3, 0.4) is 0 Å². The molecular formula is C4H4FP. The van der Waals surface area contributed by atoms with Gasteiger partial charge in [0.2, 0.25) is 0 Å². The van der Waals surface area contributed by atoms with E-state index in [0.29, 0.717) is 0 Å². The Bertz CT molecular complexity index is 111. The summed E-state index contributed by atoms with van der Waals surface area (Å²) in [6, 6.07) is 3.46. The van der Waals surface area contributed by atoms with Gasteiger partial charge in [0, 0.05) is 0 Å². The molecule has 0 spiro atoms. The molecule has 1 aromatic heterocycles. The zero-order chi connectivity index (χ0) is 4.41. The summed E-state index contributed by atoms with van der Waals surface area (Å²) in [6.45, 7) is 0. The highest BCUT2D eigenvalue weighted by atomic mass is 31.1. The second-order valence-corrected chi connectivity index (χ2v) is 2.31. The first-order valence-corrected chi connectivity index (χ1v) is 3.06. The van der Waals surface area contributed by atoms with Gasteiger partial charge in [-0.05, 0) is 11.6 Å². The Kier molecular flexibility index (Phi) is 0.932. The quantitative estimate of drug-likeness (QED) is 0.471. The third-order valence-electron chi connectivity index (χ3n) is 0.568. The van der Waals surface area contributed by atoms with Crippen molar-refractivity contribution < 1.29 is 4.20 Å². The van der Waals surface area contributed by atoms with E-state index < -0.39 is 7.84 Å². The molecule has 6 heavy (non-hydrogen) atoms. The molecule has 0 fully saturated rings. The minimum atomic E-state index is -1.33. The molecule has 0 amide bonds. The Labute approximate surface area is 36.8 Å². The molecule has 2 heteroatoms. The summed E-state index contributed by atoms with van der Waals surface area (Å²) < 4.78 is 11.8. The second-order valence-electron chi connectivity index (χ2n) is 1.03. The molecule has 0 aromatic carbocycles. The van der Waals surface area contributed by atoms with Gasteiger partial charge in [-0.2, -0.15) is 4.20 Å². The van der Waals surface area contributed by atoms with E-state index in [2.05, 4.69) is 0 Å². The molecule has 32 valence electrons. The zero-order valence-corrected chi connectivity index (χ0v) is 4.03. The molecule has 0 aliphatic heterocycles. The van der Waals surface area contributed by atoms with Crippen LogP contribution in [-0.2, 0) is 0 Å². The van der Waals surface area contributed by atoms with E-state index in [1.54, 1.807) is 23.7 Å². The van der Waals surface area contributed by atoms with Crippen molar-refractivity contribution >= 4 is 7.84 Å². The Morgan fingerprint density at radius 2 is 1.67 bits per heavy atom. The van der Waals surface area contributed by atoms with Crippen LogP contribution in [0.5, 0.6) is 0 Å². The minimum absolute atomic E-state index is 1.33. The number of rotatable bonds is 0. The van der Waals surface area contributed by atoms with Crippen LogP contribution in [0.1, 0.15) is 0 Å². The Hall–Kier alpha value is -0.290. The van der Waals surface area contributed by atoms with Crippen molar-refractivity contribution in [1.82, 2.24) is 0 Å². The highest BCUT2D eigenvalue weighted by Crippen LogP contribution is 2.26. The average Bonchev–Trinajstić information content (AvgIpc) is 1.86. The molecule has 1 rings (SSSR count). The first-order valence-electron chi connectivity index (χ1n) is 1.69. The molecule has 0 saturated heterocycles. The molecule has 0 unspecified atom stereocenters. The monoisotopic (exact) mass is 102 g/mol. The molecule has 0 N–H and O–H groups in total. The summed E-state index contributed by atoms with van der Waals surface area (Å²) in [7, 11) is -1.33. The smallest absolute Gasteiger partial charge is 0.0609 e. The summed E-state index contributed by atoms with van der Waals surface area (Å²) in [5.74, 6) is 3.13. The third kappa shape index (κ3) is 0.605. The van der Waals surface area contributed by atoms with Gasteiger partial charge in [-0.15, -0.1) is 0 Å². The van der Waals surface area contributed by atoms with Crippen LogP contribution in [0, 0.1) is 0 Å². The van der Waals surface area contributed by atoms with Gasteiger partial charge < -0.3 is 0 Å². The first-order chi connectivity index (χ1) is 2.89. The number of halogens is 1. The van der Waals surface area contributed by atoms with Gasteiger partial charge in [-0.1, -0.05) is 12.1 Å². The van der Waals surface area contributed by atoms with E-state index >= 15 is 0 Å². The van der Waals surface area contributed by atoms with Crippen molar-refractivity contribution in [2.24, 2.45) is 0 Å². The van der Waals surface area contributed by atoms with Crippen molar-refractivity contribution in [3.8, 4) is 0 Å². The Balaban J connectivity index is 3.05. The standard InChI is InChI=1S/C4H4FP/c5-6-3-1-2-4-6/h1-4H. The normalized spacial score (nSPS) is 8.83. The lowest BCUT2D eigenvalue weighted by atomic mass is 10.7. The summed E-state index contributed by atoms with van der Waals surface area (Å²) in [4.78, 5) is 0. The van der Waals surface area contributed by atoms with Crippen molar-refractivity contribution in [2.45, 2.75) is 0 Å². The van der Waals surface area contributed by atoms with Crippen molar-refractivity contribution in [3.63, 3.8) is 0 Å². The van der Waals surface area contributed by atoms with Gasteiger partial charge >= 0.3 is 0 Å². The van der Waals surface area contributed by atoms with Gasteiger partial charge in [0.15, 0.2) is 0 Å². The van der Waals surface area contributed by atoms with Crippen molar-refractivity contribution in [2.75, 3.05) is 0 Å². The number of hydrogen-bond acceptors (Lipinski definition) is 0. The maximum Gasteiger partial charge on any atom is 0.0609 e. The van der Waals surface area contributed by atoms with Crippen LogP contribution in [-0.4, -0.2) is 0 Å². The second kappa shape index (κ2) is 1.44. The van der Waals surface area contributed by atoms with Gasteiger partial charge in [0.05, 0.1) is 7.84 Å². The fraction of sp³-hybridized carbons (Fsp3) is 0. The Morgan fingerprint density at radius 3 is 1.83 bits per heavy atom. The molecule has 0 atom stereocenters. The van der Waals surface area contributed by atoms with Gasteiger partial charge in [0.1, 0.15) is 0 Å². The minimum Gasteiger partial charge on any atom is -0.192 e. The van der Waals surface area contributed by atoms with Gasteiger partial charge in [-0.25, -0.2) is 0 Å². The molecule has 0 aliphatic rings. The summed E-state index contributed by atoms with van der Waals surface area (Å²) >= 11 is 0. The van der Waals surface area contributed by atoms with Crippen LogP contribution in [0.4, 0.5) is 4.20 Å². The fourth-order valence-electron chi connectivity index (χ4n) is 0.314. The van der Waals surface area contributed by atoms with Crippen LogP contribution < -0.4 is 0 Å². The third-order valence-corrected chi connectivity index (χ3v) is 1.48. The van der Waals surface area contributed by atoms with E-state index in [4.69, 9.17) is 0 Å². The SMILES string of the molecule is Fp1cccc1. The topological polar surface area (TPSA) is 0 Å². The predicted molar refractivity (Wildman–Crippen MR) is 25.7 cm³/mol. The molecule has 0 saturated carbocycles. The fourth-order valence-corrected chi connectivity index (χ4v) is 0.941. The molecular weight excluding hydrogens is 98.0 g/mol. The lowest BCUT2D eigenvalue weighted by molar-refractivity contribution is 0.923. The molecule has 0 nitrogen and oxygen atoms in total. The lowest BCUT2D eigenvalue weighted by Gasteiger charge is -1.63. The van der Waals surface area contributed by atoms with Crippen molar-refractivity contribution in [1.29, 1.82) is 0 Å². The average molecular weight is 102 g/mol. The maximum absolute atomic E-state index is 11.8. The van der Waals surface area contributed by atoms with Crippen molar-refractivity contribution in [3.05, 3.63) is 23.7 Å².